The minimum absolute atomic E-state index is 0.0259. The van der Waals surface area contributed by atoms with Crippen molar-refractivity contribution >= 4 is 18.1 Å². The van der Waals surface area contributed by atoms with Crippen molar-refractivity contribution in [2.24, 2.45) is 0 Å². The average molecular weight is 356 g/mol. The number of nitrogens with zero attached hydrogens (tertiary/aromatic N) is 4. The molecule has 3 rings (SSSR count). The molecule has 0 aromatic heterocycles. The molecule has 0 spiro atoms. The first kappa shape index (κ1) is 18.1. The van der Waals surface area contributed by atoms with E-state index in [2.05, 4.69) is 6.07 Å². The molecular weight excluding hydrogens is 332 g/mol. The molecule has 1 aromatic carbocycles. The maximum Gasteiger partial charge on any atom is 0.324 e. The van der Waals surface area contributed by atoms with Crippen LogP contribution >= 0.6 is 0 Å². The van der Waals surface area contributed by atoms with Crippen molar-refractivity contribution in [1.29, 1.82) is 5.26 Å². The summed E-state index contributed by atoms with van der Waals surface area (Å²) in [7, 11) is 1.57. The van der Waals surface area contributed by atoms with E-state index in [0.717, 1.165) is 36.2 Å². The summed E-state index contributed by atoms with van der Waals surface area (Å²) >= 11 is 0. The summed E-state index contributed by atoms with van der Waals surface area (Å²) in [6, 6.07) is 5.97. The zero-order valence-electron chi connectivity index (χ0n) is 15.5. The molecule has 1 fully saturated rings. The molecule has 7 heteroatoms. The second kappa shape index (κ2) is 6.87. The molecule has 26 heavy (non-hydrogen) atoms. The van der Waals surface area contributed by atoms with Gasteiger partial charge in [-0.3, -0.25) is 9.69 Å². The number of nitriles is 1. The van der Waals surface area contributed by atoms with Crippen molar-refractivity contribution in [2.45, 2.75) is 38.8 Å². The minimum Gasteiger partial charge on any atom is -0.495 e. The second-order valence-corrected chi connectivity index (χ2v) is 6.89. The number of fused-ring (bicyclic) bond motifs is 1. The standard InChI is InChI=1S/C19H24N4O3/c1-4-21-8-5-9-23(18(21)25)16-10-14-12-22(13-24)19(2,6-7-20)15(14)11-17(16)26-3/h10-11,13H,4-6,8-9,12H2,1-3H3. The van der Waals surface area contributed by atoms with Gasteiger partial charge in [-0.2, -0.15) is 5.26 Å². The van der Waals surface area contributed by atoms with Gasteiger partial charge in [0.05, 0.1) is 30.8 Å². The van der Waals surface area contributed by atoms with E-state index in [1.807, 2.05) is 30.9 Å². The quantitative estimate of drug-likeness (QED) is 0.759. The van der Waals surface area contributed by atoms with Crippen LogP contribution < -0.4 is 9.64 Å². The highest BCUT2D eigenvalue weighted by molar-refractivity contribution is 5.94. The number of carbonyl (C=O) groups excluding carboxylic acids is 2. The molecular formula is C19H24N4O3. The lowest BCUT2D eigenvalue weighted by molar-refractivity contribution is -0.123. The van der Waals surface area contributed by atoms with Crippen LogP contribution in [0.1, 0.15) is 37.8 Å². The molecule has 0 saturated carbocycles. The highest BCUT2D eigenvalue weighted by Gasteiger charge is 2.42. The zero-order chi connectivity index (χ0) is 18.9. The molecule has 3 amide bonds. The summed E-state index contributed by atoms with van der Waals surface area (Å²) in [6.07, 6.45) is 1.88. The summed E-state index contributed by atoms with van der Waals surface area (Å²) < 4.78 is 5.58. The molecule has 0 aliphatic carbocycles. The van der Waals surface area contributed by atoms with Gasteiger partial charge in [-0.15, -0.1) is 0 Å². The third-order valence-electron chi connectivity index (χ3n) is 5.49. The average Bonchev–Trinajstić information content (AvgIpc) is 2.92. The van der Waals surface area contributed by atoms with Crippen LogP contribution in [0.2, 0.25) is 0 Å². The highest BCUT2D eigenvalue weighted by Crippen LogP contribution is 2.45. The van der Waals surface area contributed by atoms with E-state index in [9.17, 15) is 14.9 Å². The molecule has 1 saturated heterocycles. The molecule has 0 bridgehead atoms. The number of hydrogen-bond acceptors (Lipinski definition) is 4. The van der Waals surface area contributed by atoms with Crippen LogP contribution in [0.15, 0.2) is 12.1 Å². The van der Waals surface area contributed by atoms with Gasteiger partial charge in [-0.05, 0) is 43.5 Å². The first-order valence-corrected chi connectivity index (χ1v) is 8.87. The maximum absolute atomic E-state index is 12.8. The van der Waals surface area contributed by atoms with Crippen molar-refractivity contribution in [3.63, 3.8) is 0 Å². The minimum atomic E-state index is -0.682. The Morgan fingerprint density at radius 2 is 2.15 bits per heavy atom. The Balaban J connectivity index is 2.07. The van der Waals surface area contributed by atoms with Gasteiger partial charge in [-0.1, -0.05) is 0 Å². The summed E-state index contributed by atoms with van der Waals surface area (Å²) in [5.41, 5.74) is 1.90. The fourth-order valence-corrected chi connectivity index (χ4v) is 3.93. The number of amides is 3. The van der Waals surface area contributed by atoms with E-state index >= 15 is 0 Å². The van der Waals surface area contributed by atoms with Crippen molar-refractivity contribution in [3.8, 4) is 11.8 Å². The van der Waals surface area contributed by atoms with E-state index in [1.165, 1.54) is 0 Å². The monoisotopic (exact) mass is 356 g/mol. The Bertz CT molecular complexity index is 773. The maximum atomic E-state index is 12.8. The lowest BCUT2D eigenvalue weighted by atomic mass is 9.88. The van der Waals surface area contributed by atoms with Crippen LogP contribution in [0.3, 0.4) is 0 Å². The molecule has 1 atom stereocenters. The molecule has 0 radical (unpaired) electrons. The summed E-state index contributed by atoms with van der Waals surface area (Å²) in [4.78, 5) is 29.5. The third-order valence-corrected chi connectivity index (χ3v) is 5.49. The van der Waals surface area contributed by atoms with Gasteiger partial charge in [-0.25, -0.2) is 4.79 Å². The van der Waals surface area contributed by atoms with Gasteiger partial charge >= 0.3 is 6.03 Å². The first-order valence-electron chi connectivity index (χ1n) is 8.87. The summed E-state index contributed by atoms with van der Waals surface area (Å²) in [5.74, 6) is 0.590. The Labute approximate surface area is 153 Å². The van der Waals surface area contributed by atoms with Gasteiger partial charge in [0.2, 0.25) is 6.41 Å². The number of methoxy groups -OCH3 is 1. The van der Waals surface area contributed by atoms with Gasteiger partial charge in [0, 0.05) is 26.2 Å². The van der Waals surface area contributed by atoms with Crippen molar-refractivity contribution in [2.75, 3.05) is 31.6 Å². The number of urea groups is 1. The number of hydrogen-bond donors (Lipinski definition) is 0. The second-order valence-electron chi connectivity index (χ2n) is 6.89. The predicted molar refractivity (Wildman–Crippen MR) is 96.8 cm³/mol. The molecule has 138 valence electrons. The molecule has 0 N–H and O–H groups in total. The fourth-order valence-electron chi connectivity index (χ4n) is 3.93. The van der Waals surface area contributed by atoms with Crippen LogP contribution in [0.25, 0.3) is 0 Å². The number of benzene rings is 1. The van der Waals surface area contributed by atoms with E-state index in [4.69, 9.17) is 4.74 Å². The van der Waals surface area contributed by atoms with Crippen molar-refractivity contribution in [1.82, 2.24) is 9.80 Å². The Morgan fingerprint density at radius 3 is 2.77 bits per heavy atom. The van der Waals surface area contributed by atoms with Crippen LogP contribution in [0.4, 0.5) is 10.5 Å². The molecule has 7 nitrogen and oxygen atoms in total. The topological polar surface area (TPSA) is 76.9 Å². The highest BCUT2D eigenvalue weighted by atomic mass is 16.5. The third kappa shape index (κ3) is 2.66. The van der Waals surface area contributed by atoms with E-state index in [-0.39, 0.29) is 12.5 Å². The largest absolute Gasteiger partial charge is 0.495 e. The fraction of sp³-hybridized carbons (Fsp3) is 0.526. The Kier molecular flexibility index (Phi) is 4.77. The predicted octanol–water partition coefficient (Wildman–Crippen LogP) is 2.45. The Hall–Kier alpha value is -2.75. The number of rotatable bonds is 5. The van der Waals surface area contributed by atoms with Crippen LogP contribution in [-0.4, -0.2) is 49.0 Å². The molecule has 2 heterocycles. The van der Waals surface area contributed by atoms with Crippen LogP contribution in [-0.2, 0) is 16.9 Å². The number of anilines is 1. The van der Waals surface area contributed by atoms with E-state index in [1.54, 1.807) is 16.9 Å². The Morgan fingerprint density at radius 1 is 1.38 bits per heavy atom. The smallest absolute Gasteiger partial charge is 0.324 e. The normalized spacial score (nSPS) is 22.2. The van der Waals surface area contributed by atoms with Crippen molar-refractivity contribution in [3.05, 3.63) is 23.3 Å². The lowest BCUT2D eigenvalue weighted by Gasteiger charge is -2.36. The van der Waals surface area contributed by atoms with Crippen molar-refractivity contribution < 1.29 is 14.3 Å². The SMILES string of the molecule is CCN1CCCN(c2cc3c(cc2OC)C(C)(CC#N)N(C=O)C3)C1=O. The molecule has 1 unspecified atom stereocenters. The molecule has 2 aliphatic heterocycles. The first-order chi connectivity index (χ1) is 12.5. The van der Waals surface area contributed by atoms with E-state index in [0.29, 0.717) is 25.4 Å². The van der Waals surface area contributed by atoms with E-state index < -0.39 is 5.54 Å². The van der Waals surface area contributed by atoms with Crippen LogP contribution in [0, 0.1) is 11.3 Å². The van der Waals surface area contributed by atoms with Gasteiger partial charge < -0.3 is 14.5 Å². The number of carbonyl (C=O) groups is 2. The number of ether oxygens (including phenoxy) is 1. The van der Waals surface area contributed by atoms with Gasteiger partial charge in [0.25, 0.3) is 0 Å². The summed E-state index contributed by atoms with van der Waals surface area (Å²) in [6.45, 7) is 6.35. The van der Waals surface area contributed by atoms with Gasteiger partial charge in [0.1, 0.15) is 5.75 Å². The molecule has 1 aromatic rings. The van der Waals surface area contributed by atoms with Crippen LogP contribution in [0.5, 0.6) is 5.75 Å². The zero-order valence-corrected chi connectivity index (χ0v) is 15.5. The summed E-state index contributed by atoms with van der Waals surface area (Å²) in [5, 5.41) is 9.22. The van der Waals surface area contributed by atoms with Gasteiger partial charge in [0.15, 0.2) is 0 Å². The molecule has 2 aliphatic rings. The lowest BCUT2D eigenvalue weighted by Crippen LogP contribution is -2.49.